The average Bonchev–Trinajstić information content (AvgIpc) is 3.66. The van der Waals surface area contributed by atoms with Gasteiger partial charge in [-0.3, -0.25) is 24.1 Å². The normalized spacial score (nSPS) is 16.6. The Labute approximate surface area is 274 Å². The van der Waals surface area contributed by atoms with Crippen molar-refractivity contribution in [3.63, 3.8) is 0 Å². The van der Waals surface area contributed by atoms with Crippen molar-refractivity contribution in [1.82, 2.24) is 19.9 Å². The fraction of sp³-hybridized carbons (Fsp3) is 0.441. The summed E-state index contributed by atoms with van der Waals surface area (Å²) in [5.41, 5.74) is 3.36. The summed E-state index contributed by atoms with van der Waals surface area (Å²) < 4.78 is 5.33. The van der Waals surface area contributed by atoms with Crippen molar-refractivity contribution in [2.75, 3.05) is 61.0 Å². The van der Waals surface area contributed by atoms with Crippen molar-refractivity contribution in [2.24, 2.45) is 5.41 Å². The third-order valence-electron chi connectivity index (χ3n) is 8.68. The van der Waals surface area contributed by atoms with Crippen molar-refractivity contribution < 1.29 is 23.7 Å². The molecule has 0 saturated carbocycles. The lowest BCUT2D eigenvalue weighted by atomic mass is 9.90. The number of hydrogen-bond donors (Lipinski definition) is 5. The van der Waals surface area contributed by atoms with Gasteiger partial charge in [0.15, 0.2) is 5.82 Å². The largest absolute Gasteiger partial charge is 0.359 e. The molecular weight excluding hydrogens is 600 g/mol. The summed E-state index contributed by atoms with van der Waals surface area (Å²) >= 11 is 0. The highest BCUT2D eigenvalue weighted by Gasteiger charge is 2.37. The lowest BCUT2D eigenvalue weighted by Gasteiger charge is -2.31. The first-order valence-corrected chi connectivity index (χ1v) is 15.7. The number of benzene rings is 1. The van der Waals surface area contributed by atoms with Crippen LogP contribution in [0.3, 0.4) is 0 Å². The van der Waals surface area contributed by atoms with E-state index < -0.39 is 17.2 Å². The van der Waals surface area contributed by atoms with Crippen LogP contribution >= 0.6 is 0 Å². The summed E-state index contributed by atoms with van der Waals surface area (Å²) in [5, 5.41) is 15.3. The summed E-state index contributed by atoms with van der Waals surface area (Å²) in [6, 6.07) is 6.73. The van der Waals surface area contributed by atoms with Crippen LogP contribution in [-0.2, 0) is 24.6 Å². The molecule has 1 fully saturated rings. The predicted molar refractivity (Wildman–Crippen MR) is 182 cm³/mol. The molecule has 5 rings (SSSR count). The van der Waals surface area contributed by atoms with Gasteiger partial charge in [-0.2, -0.15) is 0 Å². The van der Waals surface area contributed by atoms with Crippen LogP contribution in [0.5, 0.6) is 0 Å². The number of H-pyrrole nitrogens is 1. The fourth-order valence-electron chi connectivity index (χ4n) is 5.40. The number of carbonyl (C=O) groups is 4. The van der Waals surface area contributed by atoms with Gasteiger partial charge in [0.1, 0.15) is 11.2 Å². The monoisotopic (exact) mass is 644 g/mol. The number of rotatable bonds is 8. The second-order valence-electron chi connectivity index (χ2n) is 13.9. The highest BCUT2D eigenvalue weighted by molar-refractivity contribution is 6.35. The molecule has 2 aromatic heterocycles. The standard InChI is InChI=1S/C34H44N8O5/c1-19-24(35-20(2)29(19)39-28(43)18-42-13-11-41(8)12-14-42)16-23-22-10-9-21(15-25(22)37-30(23)44)36-31(45)34(6,7)32(46)38-27-17-26(47-40-27)33(3,4)5/h9-10,15-17,35H,11-14,18H2,1-8H3,(H,36,45)(H,37,44)(H,39,43)(H,38,40,46)/b23-16-. The highest BCUT2D eigenvalue weighted by Crippen LogP contribution is 2.37. The van der Waals surface area contributed by atoms with Crippen LogP contribution in [0.4, 0.5) is 22.9 Å². The second-order valence-corrected chi connectivity index (χ2v) is 13.9. The summed E-state index contributed by atoms with van der Waals surface area (Å²) in [4.78, 5) is 59.8. The lowest BCUT2D eigenvalue weighted by molar-refractivity contribution is -0.135. The molecule has 4 amide bonds. The first-order chi connectivity index (χ1) is 22.0. The molecule has 1 saturated heterocycles. The van der Waals surface area contributed by atoms with E-state index in [0.29, 0.717) is 46.2 Å². The molecule has 250 valence electrons. The van der Waals surface area contributed by atoms with E-state index in [9.17, 15) is 19.2 Å². The molecule has 2 aliphatic heterocycles. The number of carbonyl (C=O) groups excluding carboxylic acids is 4. The number of nitrogens with one attached hydrogen (secondary N) is 5. The Morgan fingerprint density at radius 1 is 0.979 bits per heavy atom. The maximum Gasteiger partial charge on any atom is 0.256 e. The maximum absolute atomic E-state index is 13.2. The van der Waals surface area contributed by atoms with Gasteiger partial charge in [0, 0.05) is 60.3 Å². The Balaban J connectivity index is 1.26. The number of aryl methyl sites for hydroxylation is 1. The zero-order valence-corrected chi connectivity index (χ0v) is 28.3. The molecule has 0 unspecified atom stereocenters. The SMILES string of the molecule is Cc1[nH]c(/C=C2\C(=O)Nc3cc(NC(=O)C(C)(C)C(=O)Nc4cc(C(C)(C)C)on4)ccc32)c(C)c1NC(=O)CN1CCN(C)CC1. The number of aromatic amines is 1. The van der Waals surface area contributed by atoms with Crippen LogP contribution in [0.25, 0.3) is 11.6 Å². The first-order valence-electron chi connectivity index (χ1n) is 15.7. The number of likely N-dealkylation sites (N-methyl/N-ethyl adjacent to an activating group) is 1. The quantitative estimate of drug-likeness (QED) is 0.180. The van der Waals surface area contributed by atoms with Crippen LogP contribution in [0, 0.1) is 19.3 Å². The van der Waals surface area contributed by atoms with Gasteiger partial charge in [0.25, 0.3) is 5.91 Å². The Morgan fingerprint density at radius 2 is 1.66 bits per heavy atom. The molecule has 13 nitrogen and oxygen atoms in total. The fourth-order valence-corrected chi connectivity index (χ4v) is 5.40. The van der Waals surface area contributed by atoms with Crippen molar-refractivity contribution >= 4 is 58.2 Å². The minimum atomic E-state index is -1.45. The maximum atomic E-state index is 13.2. The van der Waals surface area contributed by atoms with Crippen LogP contribution < -0.4 is 21.3 Å². The van der Waals surface area contributed by atoms with Crippen molar-refractivity contribution in [2.45, 2.75) is 53.9 Å². The summed E-state index contributed by atoms with van der Waals surface area (Å²) in [7, 11) is 2.08. The molecule has 47 heavy (non-hydrogen) atoms. The molecular formula is C34H44N8O5. The van der Waals surface area contributed by atoms with E-state index in [1.807, 2.05) is 34.6 Å². The average molecular weight is 645 g/mol. The minimum Gasteiger partial charge on any atom is -0.359 e. The molecule has 0 aliphatic carbocycles. The molecule has 0 atom stereocenters. The number of anilines is 4. The molecule has 3 aromatic rings. The molecule has 5 N–H and O–H groups in total. The third-order valence-corrected chi connectivity index (χ3v) is 8.68. The number of fused-ring (bicyclic) bond motifs is 1. The van der Waals surface area contributed by atoms with E-state index in [4.69, 9.17) is 4.52 Å². The van der Waals surface area contributed by atoms with Crippen LogP contribution in [-0.4, -0.2) is 83.3 Å². The van der Waals surface area contributed by atoms with Crippen molar-refractivity contribution in [3.05, 3.63) is 52.5 Å². The van der Waals surface area contributed by atoms with Gasteiger partial charge in [0.2, 0.25) is 17.7 Å². The van der Waals surface area contributed by atoms with Gasteiger partial charge < -0.3 is 35.7 Å². The molecule has 13 heteroatoms. The van der Waals surface area contributed by atoms with E-state index in [-0.39, 0.29) is 23.0 Å². The Bertz CT molecular complexity index is 1750. The second kappa shape index (κ2) is 12.8. The Morgan fingerprint density at radius 3 is 2.32 bits per heavy atom. The number of aromatic nitrogens is 2. The van der Waals surface area contributed by atoms with Gasteiger partial charge >= 0.3 is 0 Å². The van der Waals surface area contributed by atoms with Crippen LogP contribution in [0.2, 0.25) is 0 Å². The molecule has 0 spiro atoms. The van der Waals surface area contributed by atoms with Gasteiger partial charge in [-0.15, -0.1) is 0 Å². The zero-order valence-electron chi connectivity index (χ0n) is 28.3. The topological polar surface area (TPSA) is 165 Å². The number of piperazine rings is 1. The van der Waals surface area contributed by atoms with Crippen LogP contribution in [0.15, 0.2) is 28.8 Å². The minimum absolute atomic E-state index is 0.0778. The molecule has 0 bridgehead atoms. The van der Waals surface area contributed by atoms with Gasteiger partial charge in [-0.25, -0.2) is 0 Å². The molecule has 1 aromatic carbocycles. The lowest BCUT2D eigenvalue weighted by Crippen LogP contribution is -2.47. The Kier molecular flexibility index (Phi) is 9.15. The molecule has 4 heterocycles. The highest BCUT2D eigenvalue weighted by atomic mass is 16.5. The molecule has 2 aliphatic rings. The van der Waals surface area contributed by atoms with E-state index in [1.165, 1.54) is 13.8 Å². The van der Waals surface area contributed by atoms with Gasteiger partial charge in [0.05, 0.1) is 23.5 Å². The van der Waals surface area contributed by atoms with E-state index in [2.05, 4.69) is 48.3 Å². The smallest absolute Gasteiger partial charge is 0.256 e. The summed E-state index contributed by atoms with van der Waals surface area (Å²) in [6.45, 7) is 16.6. The van der Waals surface area contributed by atoms with Crippen molar-refractivity contribution in [3.8, 4) is 0 Å². The van der Waals surface area contributed by atoms with E-state index >= 15 is 0 Å². The van der Waals surface area contributed by atoms with Gasteiger partial charge in [-0.05, 0) is 58.5 Å². The number of nitrogens with zero attached hydrogens (tertiary/aromatic N) is 3. The predicted octanol–water partition coefficient (Wildman–Crippen LogP) is 4.20. The number of hydrogen-bond acceptors (Lipinski definition) is 8. The summed E-state index contributed by atoms with van der Waals surface area (Å²) in [5.74, 6) is -0.616. The van der Waals surface area contributed by atoms with E-state index in [0.717, 1.165) is 37.4 Å². The van der Waals surface area contributed by atoms with Crippen LogP contribution in [0.1, 0.15) is 62.9 Å². The first kappa shape index (κ1) is 33.6. The third kappa shape index (κ3) is 7.31. The summed E-state index contributed by atoms with van der Waals surface area (Å²) in [6.07, 6.45) is 1.76. The molecule has 0 radical (unpaired) electrons. The van der Waals surface area contributed by atoms with Crippen molar-refractivity contribution in [1.29, 1.82) is 0 Å². The number of amides is 4. The zero-order chi connectivity index (χ0) is 34.3. The van der Waals surface area contributed by atoms with Gasteiger partial charge in [-0.1, -0.05) is 32.0 Å². The van der Waals surface area contributed by atoms with E-state index in [1.54, 1.807) is 30.3 Å². The Hall–Kier alpha value is -4.75.